The van der Waals surface area contributed by atoms with Gasteiger partial charge < -0.3 is 9.84 Å². The molecule has 0 aromatic heterocycles. The van der Waals surface area contributed by atoms with Crippen molar-refractivity contribution in [1.29, 1.82) is 0 Å². The SMILES string of the molecule is OCCC#Cc1cc(F)ccc1COc1ccccc1. The van der Waals surface area contributed by atoms with Crippen LogP contribution >= 0.6 is 0 Å². The lowest BCUT2D eigenvalue weighted by Crippen LogP contribution is -1.99. The summed E-state index contributed by atoms with van der Waals surface area (Å²) in [6, 6.07) is 13.9. The second kappa shape index (κ2) is 7.32. The molecule has 2 nitrogen and oxygen atoms in total. The minimum absolute atomic E-state index is 0.00182. The third-order valence-electron chi connectivity index (χ3n) is 2.67. The standard InChI is InChI=1S/C17H15FO2/c18-16-10-9-15(14(12-16)6-4-5-11-19)13-20-17-7-2-1-3-8-17/h1-3,7-10,12,19H,5,11,13H2. The van der Waals surface area contributed by atoms with Gasteiger partial charge in [-0.25, -0.2) is 4.39 Å². The first-order valence-electron chi connectivity index (χ1n) is 6.35. The Balaban J connectivity index is 2.13. The van der Waals surface area contributed by atoms with Crippen molar-refractivity contribution < 1.29 is 14.2 Å². The highest BCUT2D eigenvalue weighted by Crippen LogP contribution is 2.15. The molecular weight excluding hydrogens is 255 g/mol. The molecule has 0 aliphatic rings. The summed E-state index contributed by atoms with van der Waals surface area (Å²) >= 11 is 0. The van der Waals surface area contributed by atoms with E-state index >= 15 is 0 Å². The van der Waals surface area contributed by atoms with Crippen LogP contribution in [0.5, 0.6) is 5.75 Å². The average molecular weight is 270 g/mol. The molecule has 0 fully saturated rings. The van der Waals surface area contributed by atoms with Crippen molar-refractivity contribution >= 4 is 0 Å². The van der Waals surface area contributed by atoms with Gasteiger partial charge in [-0.15, -0.1) is 0 Å². The molecule has 0 spiro atoms. The number of benzene rings is 2. The molecule has 0 saturated carbocycles. The van der Waals surface area contributed by atoms with Gasteiger partial charge in [-0.05, 0) is 24.3 Å². The van der Waals surface area contributed by atoms with Gasteiger partial charge in [0.1, 0.15) is 18.2 Å². The van der Waals surface area contributed by atoms with E-state index in [1.165, 1.54) is 12.1 Å². The third-order valence-corrected chi connectivity index (χ3v) is 2.67. The van der Waals surface area contributed by atoms with Crippen molar-refractivity contribution in [2.24, 2.45) is 0 Å². The normalized spacial score (nSPS) is 9.70. The minimum Gasteiger partial charge on any atom is -0.489 e. The second-order valence-electron chi connectivity index (χ2n) is 4.18. The fraction of sp³-hybridized carbons (Fsp3) is 0.176. The van der Waals surface area contributed by atoms with E-state index < -0.39 is 0 Å². The molecule has 20 heavy (non-hydrogen) atoms. The average Bonchev–Trinajstić information content (AvgIpc) is 2.48. The fourth-order valence-corrected chi connectivity index (χ4v) is 1.68. The Kier molecular flexibility index (Phi) is 5.16. The molecule has 2 aromatic rings. The lowest BCUT2D eigenvalue weighted by molar-refractivity contribution is 0.305. The number of hydrogen-bond acceptors (Lipinski definition) is 2. The number of halogens is 1. The van der Waals surface area contributed by atoms with Gasteiger partial charge in [0, 0.05) is 17.5 Å². The maximum absolute atomic E-state index is 13.3. The van der Waals surface area contributed by atoms with Crippen molar-refractivity contribution in [2.45, 2.75) is 13.0 Å². The van der Waals surface area contributed by atoms with Crippen LogP contribution in [0.25, 0.3) is 0 Å². The highest BCUT2D eigenvalue weighted by molar-refractivity contribution is 5.41. The maximum atomic E-state index is 13.3. The Bertz CT molecular complexity index is 612. The van der Waals surface area contributed by atoms with Gasteiger partial charge in [0.05, 0.1) is 6.61 Å². The summed E-state index contributed by atoms with van der Waals surface area (Å²) in [5.41, 5.74) is 1.41. The van der Waals surface area contributed by atoms with Gasteiger partial charge in [0.2, 0.25) is 0 Å². The number of aliphatic hydroxyl groups excluding tert-OH is 1. The molecule has 0 amide bonds. The van der Waals surface area contributed by atoms with E-state index in [1.807, 2.05) is 30.3 Å². The second-order valence-corrected chi connectivity index (χ2v) is 4.18. The lowest BCUT2D eigenvalue weighted by Gasteiger charge is -2.08. The molecular formula is C17H15FO2. The first-order valence-corrected chi connectivity index (χ1v) is 6.35. The van der Waals surface area contributed by atoms with Crippen LogP contribution in [0.1, 0.15) is 17.5 Å². The minimum atomic E-state index is -0.332. The number of ether oxygens (including phenoxy) is 1. The van der Waals surface area contributed by atoms with E-state index in [4.69, 9.17) is 9.84 Å². The quantitative estimate of drug-likeness (QED) is 0.865. The van der Waals surface area contributed by atoms with E-state index in [1.54, 1.807) is 6.07 Å². The zero-order valence-corrected chi connectivity index (χ0v) is 11.0. The van der Waals surface area contributed by atoms with E-state index in [-0.39, 0.29) is 12.4 Å². The van der Waals surface area contributed by atoms with Crippen LogP contribution in [0.2, 0.25) is 0 Å². The van der Waals surface area contributed by atoms with Crippen LogP contribution in [-0.2, 0) is 6.61 Å². The molecule has 3 heteroatoms. The third kappa shape index (κ3) is 4.11. The van der Waals surface area contributed by atoms with Gasteiger partial charge >= 0.3 is 0 Å². The van der Waals surface area contributed by atoms with E-state index in [9.17, 15) is 4.39 Å². The Hall–Kier alpha value is -2.31. The van der Waals surface area contributed by atoms with Crippen LogP contribution in [0.15, 0.2) is 48.5 Å². The summed E-state index contributed by atoms with van der Waals surface area (Å²) in [7, 11) is 0. The Labute approximate surface area is 117 Å². The summed E-state index contributed by atoms with van der Waals surface area (Å²) in [6.07, 6.45) is 0.371. The number of hydrogen-bond donors (Lipinski definition) is 1. The first kappa shape index (κ1) is 14.1. The zero-order valence-electron chi connectivity index (χ0n) is 11.0. The highest BCUT2D eigenvalue weighted by atomic mass is 19.1. The van der Waals surface area contributed by atoms with Crippen molar-refractivity contribution in [2.75, 3.05) is 6.61 Å². The van der Waals surface area contributed by atoms with E-state index in [0.29, 0.717) is 18.6 Å². The Morgan fingerprint density at radius 2 is 1.90 bits per heavy atom. The molecule has 0 unspecified atom stereocenters. The van der Waals surface area contributed by atoms with Crippen LogP contribution in [0.3, 0.4) is 0 Å². The smallest absolute Gasteiger partial charge is 0.124 e. The number of aliphatic hydroxyl groups is 1. The molecule has 0 atom stereocenters. The van der Waals surface area contributed by atoms with Gasteiger partial charge in [0.25, 0.3) is 0 Å². The summed E-state index contributed by atoms with van der Waals surface area (Å²) in [4.78, 5) is 0. The molecule has 0 heterocycles. The topological polar surface area (TPSA) is 29.5 Å². The first-order chi connectivity index (χ1) is 9.79. The Morgan fingerprint density at radius 1 is 1.10 bits per heavy atom. The van der Waals surface area contributed by atoms with Gasteiger partial charge in [-0.1, -0.05) is 36.1 Å². The van der Waals surface area contributed by atoms with Crippen molar-refractivity contribution in [3.8, 4) is 17.6 Å². The van der Waals surface area contributed by atoms with Gasteiger partial charge in [0.15, 0.2) is 0 Å². The predicted octanol–water partition coefficient (Wildman–Crippen LogP) is 3.14. The lowest BCUT2D eigenvalue weighted by atomic mass is 10.1. The van der Waals surface area contributed by atoms with Crippen LogP contribution in [0, 0.1) is 17.7 Å². The fourth-order valence-electron chi connectivity index (χ4n) is 1.68. The molecule has 0 aliphatic heterocycles. The maximum Gasteiger partial charge on any atom is 0.124 e. The molecule has 2 aromatic carbocycles. The molecule has 0 saturated heterocycles. The highest BCUT2D eigenvalue weighted by Gasteiger charge is 2.03. The summed E-state index contributed by atoms with van der Waals surface area (Å²) in [6.45, 7) is 0.325. The Morgan fingerprint density at radius 3 is 2.65 bits per heavy atom. The monoisotopic (exact) mass is 270 g/mol. The zero-order chi connectivity index (χ0) is 14.2. The van der Waals surface area contributed by atoms with Gasteiger partial charge in [-0.2, -0.15) is 0 Å². The van der Waals surface area contributed by atoms with Crippen LogP contribution in [0.4, 0.5) is 4.39 Å². The van der Waals surface area contributed by atoms with Crippen LogP contribution < -0.4 is 4.74 Å². The summed E-state index contributed by atoms with van der Waals surface area (Å²) < 4.78 is 18.9. The predicted molar refractivity (Wildman–Crippen MR) is 75.8 cm³/mol. The number of para-hydroxylation sites is 1. The van der Waals surface area contributed by atoms with Gasteiger partial charge in [-0.3, -0.25) is 0 Å². The largest absolute Gasteiger partial charge is 0.489 e. The summed E-state index contributed by atoms with van der Waals surface area (Å²) in [5, 5.41) is 8.72. The molecule has 102 valence electrons. The number of rotatable bonds is 4. The molecule has 0 aliphatic carbocycles. The van der Waals surface area contributed by atoms with Crippen molar-refractivity contribution in [3.63, 3.8) is 0 Å². The molecule has 0 radical (unpaired) electrons. The van der Waals surface area contributed by atoms with E-state index in [0.717, 1.165) is 11.3 Å². The molecule has 1 N–H and O–H groups in total. The summed E-state index contributed by atoms with van der Waals surface area (Å²) in [5.74, 6) is 6.08. The molecule has 0 bridgehead atoms. The van der Waals surface area contributed by atoms with Crippen molar-refractivity contribution in [1.82, 2.24) is 0 Å². The molecule has 2 rings (SSSR count). The van der Waals surface area contributed by atoms with Crippen LogP contribution in [-0.4, -0.2) is 11.7 Å². The van der Waals surface area contributed by atoms with Crippen molar-refractivity contribution in [3.05, 3.63) is 65.5 Å². The van der Waals surface area contributed by atoms with E-state index in [2.05, 4.69) is 11.8 Å².